The summed E-state index contributed by atoms with van der Waals surface area (Å²) in [6, 6.07) is 10.8. The Morgan fingerprint density at radius 1 is 1.15 bits per heavy atom. The first-order valence-electron chi connectivity index (χ1n) is 6.23. The van der Waals surface area contributed by atoms with Crippen molar-refractivity contribution >= 4 is 16.8 Å². The smallest absolute Gasteiger partial charge is 0.163 e. The van der Waals surface area contributed by atoms with E-state index in [1.165, 1.54) is 11.7 Å². The summed E-state index contributed by atoms with van der Waals surface area (Å²) in [4.78, 5) is 12.9. The number of aromatic hydroxyl groups is 1. The fourth-order valence-electron chi connectivity index (χ4n) is 2.15. The van der Waals surface area contributed by atoms with Gasteiger partial charge >= 0.3 is 0 Å². The zero-order valence-electron chi connectivity index (χ0n) is 11.2. The molecule has 1 aromatic heterocycles. The van der Waals surface area contributed by atoms with E-state index in [0.717, 1.165) is 16.6 Å². The lowest BCUT2D eigenvalue weighted by Crippen LogP contribution is -2.03. The Morgan fingerprint density at radius 2 is 1.75 bits per heavy atom. The van der Waals surface area contributed by atoms with E-state index in [0.29, 0.717) is 5.69 Å². The topological polar surface area (TPSA) is 68.0 Å². The van der Waals surface area contributed by atoms with Gasteiger partial charge in [-0.1, -0.05) is 12.1 Å². The van der Waals surface area contributed by atoms with Crippen molar-refractivity contribution in [3.8, 4) is 11.4 Å². The predicted octanol–water partition coefficient (Wildman–Crippen LogP) is 2.64. The molecule has 0 bridgehead atoms. The molecule has 0 aliphatic heterocycles. The first-order valence-corrected chi connectivity index (χ1v) is 6.23. The second-order valence-electron chi connectivity index (χ2n) is 4.71. The third-order valence-electron chi connectivity index (χ3n) is 3.12. The number of Topliss-reactive ketones (excluding diaryl/α,β-unsaturated/α-hetero) is 1. The van der Waals surface area contributed by atoms with Gasteiger partial charge in [0.15, 0.2) is 11.5 Å². The summed E-state index contributed by atoms with van der Waals surface area (Å²) < 4.78 is 0. The molecule has 100 valence electrons. The summed E-state index contributed by atoms with van der Waals surface area (Å²) in [6.07, 6.45) is 0. The number of nitrogens with zero attached hydrogens (tertiary/aromatic N) is 3. The maximum atomic E-state index is 11.6. The molecular weight excluding hydrogens is 254 g/mol. The number of hydrogen-bond donors (Lipinski definition) is 1. The first kappa shape index (κ1) is 12.3. The number of aryl methyl sites for hydroxylation is 1. The van der Waals surface area contributed by atoms with Crippen LogP contribution in [0.4, 0.5) is 0 Å². The summed E-state index contributed by atoms with van der Waals surface area (Å²) in [5.41, 5.74) is 3.02. The molecule has 2 aromatic carbocycles. The maximum absolute atomic E-state index is 11.6. The number of hydrogen-bond acceptors (Lipinski definition) is 4. The van der Waals surface area contributed by atoms with Crippen LogP contribution in [-0.2, 0) is 0 Å². The van der Waals surface area contributed by atoms with Gasteiger partial charge in [-0.05, 0) is 43.7 Å². The molecule has 1 heterocycles. The van der Waals surface area contributed by atoms with Crippen molar-refractivity contribution in [3.63, 3.8) is 0 Å². The van der Waals surface area contributed by atoms with E-state index in [2.05, 4.69) is 10.2 Å². The SMILES string of the molecule is CC(=O)c1cc(C)cc(-n2nc3ccccc3n2)c1O. The molecular formula is C15H13N3O2. The second-order valence-corrected chi connectivity index (χ2v) is 4.71. The number of aromatic nitrogens is 3. The Hall–Kier alpha value is -2.69. The third kappa shape index (κ3) is 1.93. The van der Waals surface area contributed by atoms with Gasteiger partial charge in [-0.15, -0.1) is 15.0 Å². The number of carbonyl (C=O) groups excluding carboxylic acids is 1. The molecule has 3 aromatic rings. The van der Waals surface area contributed by atoms with Crippen LogP contribution in [0.15, 0.2) is 36.4 Å². The van der Waals surface area contributed by atoms with Crippen LogP contribution < -0.4 is 0 Å². The lowest BCUT2D eigenvalue weighted by molar-refractivity contribution is 0.101. The van der Waals surface area contributed by atoms with Gasteiger partial charge in [0, 0.05) is 0 Å². The van der Waals surface area contributed by atoms with Crippen LogP contribution in [0.25, 0.3) is 16.7 Å². The van der Waals surface area contributed by atoms with Crippen molar-refractivity contribution in [2.45, 2.75) is 13.8 Å². The predicted molar refractivity (Wildman–Crippen MR) is 75.3 cm³/mol. The summed E-state index contributed by atoms with van der Waals surface area (Å²) >= 11 is 0. The lowest BCUT2D eigenvalue weighted by Gasteiger charge is -2.08. The zero-order valence-corrected chi connectivity index (χ0v) is 11.2. The molecule has 0 unspecified atom stereocenters. The van der Waals surface area contributed by atoms with E-state index in [-0.39, 0.29) is 17.1 Å². The molecule has 0 saturated heterocycles. The van der Waals surface area contributed by atoms with Gasteiger partial charge < -0.3 is 5.11 Å². The molecule has 0 spiro atoms. The van der Waals surface area contributed by atoms with Crippen molar-refractivity contribution in [3.05, 3.63) is 47.5 Å². The van der Waals surface area contributed by atoms with E-state index in [9.17, 15) is 9.90 Å². The standard InChI is InChI=1S/C15H13N3O2/c1-9-7-11(10(2)19)15(20)14(8-9)18-16-12-5-3-4-6-13(12)17-18/h3-8,20H,1-2H3. The molecule has 0 radical (unpaired) electrons. The molecule has 0 aliphatic carbocycles. The Morgan fingerprint density at radius 3 is 2.30 bits per heavy atom. The van der Waals surface area contributed by atoms with Crippen molar-refractivity contribution in [1.29, 1.82) is 0 Å². The minimum atomic E-state index is -0.191. The molecule has 0 amide bonds. The summed E-state index contributed by atoms with van der Waals surface area (Å²) in [5.74, 6) is -0.285. The van der Waals surface area contributed by atoms with Crippen LogP contribution in [0, 0.1) is 6.92 Å². The monoisotopic (exact) mass is 267 g/mol. The summed E-state index contributed by atoms with van der Waals surface area (Å²) in [5, 5.41) is 18.9. The number of phenolic OH excluding ortho intramolecular Hbond substituents is 1. The fourth-order valence-corrected chi connectivity index (χ4v) is 2.15. The Kier molecular flexibility index (Phi) is 2.75. The molecule has 20 heavy (non-hydrogen) atoms. The van der Waals surface area contributed by atoms with Crippen LogP contribution in [0.2, 0.25) is 0 Å². The van der Waals surface area contributed by atoms with Gasteiger partial charge in [-0.3, -0.25) is 4.79 Å². The summed E-state index contributed by atoms with van der Waals surface area (Å²) in [7, 11) is 0. The number of phenols is 1. The summed E-state index contributed by atoms with van der Waals surface area (Å²) in [6.45, 7) is 3.28. The highest BCUT2D eigenvalue weighted by atomic mass is 16.3. The van der Waals surface area contributed by atoms with Crippen LogP contribution in [0.1, 0.15) is 22.8 Å². The molecule has 3 rings (SSSR count). The molecule has 5 heteroatoms. The van der Waals surface area contributed by atoms with E-state index in [1.54, 1.807) is 12.1 Å². The maximum Gasteiger partial charge on any atom is 0.163 e. The normalized spacial score (nSPS) is 10.9. The molecule has 0 aliphatic rings. The van der Waals surface area contributed by atoms with Gasteiger partial charge in [-0.25, -0.2) is 0 Å². The lowest BCUT2D eigenvalue weighted by atomic mass is 10.1. The minimum absolute atomic E-state index is 0.0941. The van der Waals surface area contributed by atoms with E-state index >= 15 is 0 Å². The Balaban J connectivity index is 2.25. The number of rotatable bonds is 2. The van der Waals surface area contributed by atoms with Crippen LogP contribution in [0.3, 0.4) is 0 Å². The number of carbonyl (C=O) groups is 1. The van der Waals surface area contributed by atoms with Gasteiger partial charge in [0.2, 0.25) is 0 Å². The van der Waals surface area contributed by atoms with Crippen molar-refractivity contribution in [2.75, 3.05) is 0 Å². The van der Waals surface area contributed by atoms with Gasteiger partial charge in [0.1, 0.15) is 16.7 Å². The van der Waals surface area contributed by atoms with Gasteiger partial charge in [0.25, 0.3) is 0 Å². The van der Waals surface area contributed by atoms with Crippen molar-refractivity contribution in [2.24, 2.45) is 0 Å². The highest BCUT2D eigenvalue weighted by Gasteiger charge is 2.15. The number of fused-ring (bicyclic) bond motifs is 1. The quantitative estimate of drug-likeness (QED) is 0.725. The first-order chi connectivity index (χ1) is 9.56. The Bertz CT molecular complexity index is 788. The molecule has 5 nitrogen and oxygen atoms in total. The highest BCUT2D eigenvalue weighted by molar-refractivity contribution is 5.98. The molecule has 0 atom stereocenters. The molecule has 0 fully saturated rings. The molecule has 1 N–H and O–H groups in total. The number of ketones is 1. The van der Waals surface area contributed by atoms with Crippen molar-refractivity contribution < 1.29 is 9.90 Å². The van der Waals surface area contributed by atoms with E-state index in [4.69, 9.17) is 0 Å². The largest absolute Gasteiger partial charge is 0.505 e. The third-order valence-corrected chi connectivity index (χ3v) is 3.12. The highest BCUT2D eigenvalue weighted by Crippen LogP contribution is 2.28. The van der Waals surface area contributed by atoms with E-state index in [1.807, 2.05) is 31.2 Å². The average Bonchev–Trinajstić information content (AvgIpc) is 2.84. The Labute approximate surface area is 115 Å². The van der Waals surface area contributed by atoms with Crippen LogP contribution >= 0.6 is 0 Å². The fraction of sp³-hybridized carbons (Fsp3) is 0.133. The van der Waals surface area contributed by atoms with Crippen LogP contribution in [0.5, 0.6) is 5.75 Å². The molecule has 0 saturated carbocycles. The van der Waals surface area contributed by atoms with Gasteiger partial charge in [0.05, 0.1) is 5.56 Å². The zero-order chi connectivity index (χ0) is 14.3. The average molecular weight is 267 g/mol. The van der Waals surface area contributed by atoms with Crippen LogP contribution in [-0.4, -0.2) is 25.9 Å². The van der Waals surface area contributed by atoms with Crippen molar-refractivity contribution in [1.82, 2.24) is 15.0 Å². The number of benzene rings is 2. The second kappa shape index (κ2) is 4.45. The van der Waals surface area contributed by atoms with E-state index < -0.39 is 0 Å². The van der Waals surface area contributed by atoms with Gasteiger partial charge in [-0.2, -0.15) is 0 Å². The minimum Gasteiger partial charge on any atom is -0.505 e.